The summed E-state index contributed by atoms with van der Waals surface area (Å²) >= 11 is 1.62. The zero-order valence-electron chi connectivity index (χ0n) is 15.4. The van der Waals surface area contributed by atoms with Crippen LogP contribution in [0.5, 0.6) is 0 Å². The molecule has 1 N–H and O–H groups in total. The van der Waals surface area contributed by atoms with Gasteiger partial charge in [0.15, 0.2) is 5.69 Å². The molecule has 0 radical (unpaired) electrons. The summed E-state index contributed by atoms with van der Waals surface area (Å²) in [6.07, 6.45) is 7.44. The van der Waals surface area contributed by atoms with Gasteiger partial charge < -0.3 is 9.72 Å². The van der Waals surface area contributed by atoms with E-state index in [1.54, 1.807) is 40.7 Å². The molecule has 142 valence electrons. The van der Waals surface area contributed by atoms with Crippen LogP contribution in [0.2, 0.25) is 0 Å². The molecule has 29 heavy (non-hydrogen) atoms. The topological polar surface area (TPSA) is 64.2 Å². The predicted octanol–water partition coefficient (Wildman–Crippen LogP) is 4.18. The van der Waals surface area contributed by atoms with Crippen molar-refractivity contribution < 1.29 is 4.79 Å². The Kier molecular flexibility index (Phi) is 4.42. The highest BCUT2D eigenvalue weighted by molar-refractivity contribution is 7.09. The van der Waals surface area contributed by atoms with E-state index in [-0.39, 0.29) is 5.91 Å². The molecule has 5 rings (SSSR count). The molecule has 5 aromatic heterocycles. The number of hydrogen-bond acceptors (Lipinski definition) is 4. The average molecular weight is 399 g/mol. The van der Waals surface area contributed by atoms with Crippen molar-refractivity contribution >= 4 is 22.8 Å². The fraction of sp³-hybridized carbons (Fsp3) is 0.0455. The largest absolute Gasteiger partial charge is 0.346 e. The Balaban J connectivity index is 1.43. The van der Waals surface area contributed by atoms with E-state index in [4.69, 9.17) is 0 Å². The second-order valence-electron chi connectivity index (χ2n) is 6.55. The van der Waals surface area contributed by atoms with Crippen LogP contribution in [0.4, 0.5) is 0 Å². The van der Waals surface area contributed by atoms with E-state index in [1.165, 1.54) is 0 Å². The number of carbonyl (C=O) groups excluding carboxylic acids is 1. The molecule has 0 aliphatic carbocycles. The Bertz CT molecular complexity index is 1270. The van der Waals surface area contributed by atoms with Crippen LogP contribution in [0.15, 0.2) is 84.8 Å². The van der Waals surface area contributed by atoms with Gasteiger partial charge in [0.2, 0.25) is 0 Å². The molecule has 0 saturated heterocycles. The minimum absolute atomic E-state index is 0.185. The molecule has 0 spiro atoms. The first-order valence-electron chi connectivity index (χ1n) is 9.16. The van der Waals surface area contributed by atoms with Gasteiger partial charge >= 0.3 is 0 Å². The van der Waals surface area contributed by atoms with Crippen molar-refractivity contribution in [3.05, 3.63) is 95.3 Å². The monoisotopic (exact) mass is 399 g/mol. The molecule has 7 heteroatoms. The van der Waals surface area contributed by atoms with Crippen molar-refractivity contribution in [3.63, 3.8) is 0 Å². The Labute approximate surface area is 171 Å². The summed E-state index contributed by atoms with van der Waals surface area (Å²) in [5, 5.41) is 9.39. The molecule has 0 bridgehead atoms. The van der Waals surface area contributed by atoms with Crippen molar-refractivity contribution in [2.45, 2.75) is 6.54 Å². The minimum atomic E-state index is -0.185. The lowest BCUT2D eigenvalue weighted by Crippen LogP contribution is -2.23. The zero-order valence-corrected chi connectivity index (χ0v) is 16.2. The molecule has 0 saturated carbocycles. The summed E-state index contributed by atoms with van der Waals surface area (Å²) in [6.45, 7) is 0.507. The van der Waals surface area contributed by atoms with Crippen LogP contribution >= 0.6 is 11.3 Å². The van der Waals surface area contributed by atoms with Gasteiger partial charge in [-0.15, -0.1) is 11.3 Å². The van der Waals surface area contributed by atoms with Gasteiger partial charge in [0.25, 0.3) is 5.91 Å². The number of aromatic nitrogens is 4. The van der Waals surface area contributed by atoms with E-state index in [0.717, 1.165) is 27.3 Å². The molecule has 0 fully saturated rings. The molecule has 5 heterocycles. The van der Waals surface area contributed by atoms with Crippen molar-refractivity contribution in [1.29, 1.82) is 0 Å². The lowest BCUT2D eigenvalue weighted by molar-refractivity contribution is 0.0946. The first kappa shape index (κ1) is 17.4. The summed E-state index contributed by atoms with van der Waals surface area (Å²) in [5.41, 5.74) is 3.62. The first-order valence-corrected chi connectivity index (χ1v) is 10.0. The number of nitrogens with zero attached hydrogens (tertiary/aromatic N) is 4. The molecular weight excluding hydrogens is 382 g/mol. The second kappa shape index (κ2) is 7.37. The minimum Gasteiger partial charge on any atom is -0.346 e. The third kappa shape index (κ3) is 3.43. The maximum atomic E-state index is 12.4. The summed E-state index contributed by atoms with van der Waals surface area (Å²) < 4.78 is 3.79. The fourth-order valence-corrected chi connectivity index (χ4v) is 3.88. The smallest absolute Gasteiger partial charge is 0.272 e. The van der Waals surface area contributed by atoms with Crippen molar-refractivity contribution in [1.82, 2.24) is 24.5 Å². The Morgan fingerprint density at radius 3 is 2.69 bits per heavy atom. The number of hydrogen-bond donors (Lipinski definition) is 1. The summed E-state index contributed by atoms with van der Waals surface area (Å²) in [7, 11) is 0. The van der Waals surface area contributed by atoms with E-state index in [1.807, 2.05) is 41.8 Å². The van der Waals surface area contributed by atoms with Crippen molar-refractivity contribution in [2.24, 2.45) is 0 Å². The first-order chi connectivity index (χ1) is 14.3. The quantitative estimate of drug-likeness (QED) is 0.482. The van der Waals surface area contributed by atoms with Gasteiger partial charge in [-0.25, -0.2) is 4.68 Å². The van der Waals surface area contributed by atoms with E-state index in [2.05, 4.69) is 38.1 Å². The summed E-state index contributed by atoms with van der Waals surface area (Å²) in [4.78, 5) is 17.6. The van der Waals surface area contributed by atoms with Crippen LogP contribution in [0.3, 0.4) is 0 Å². The number of thiophene rings is 1. The van der Waals surface area contributed by atoms with Gasteiger partial charge in [-0.05, 0) is 59.0 Å². The third-order valence-electron chi connectivity index (χ3n) is 4.70. The number of rotatable bonds is 5. The van der Waals surface area contributed by atoms with Crippen LogP contribution in [-0.2, 0) is 6.54 Å². The molecule has 1 amide bonds. The van der Waals surface area contributed by atoms with Crippen LogP contribution in [0.25, 0.3) is 22.5 Å². The standard InChI is InChI=1S/C22H17N5OS/c28-22(24-14-19-2-1-13-29-19)20-9-12-27(25-20)21-6-5-18-4-3-17(15-26(18)21)16-7-10-23-11-8-16/h1-13,15H,14H2,(H,24,28). The molecule has 6 nitrogen and oxygen atoms in total. The van der Waals surface area contributed by atoms with E-state index < -0.39 is 0 Å². The number of amides is 1. The molecule has 0 atom stereocenters. The number of nitrogens with one attached hydrogen (secondary N) is 1. The maximum Gasteiger partial charge on any atom is 0.272 e. The molecular formula is C22H17N5OS. The SMILES string of the molecule is O=C(NCc1cccs1)c1ccn(-c2ccc3ccc(-c4ccncc4)cn23)n1. The molecule has 0 aliphatic rings. The van der Waals surface area contributed by atoms with E-state index in [0.29, 0.717) is 12.2 Å². The second-order valence-corrected chi connectivity index (χ2v) is 7.58. The van der Waals surface area contributed by atoms with Crippen LogP contribution in [0.1, 0.15) is 15.4 Å². The van der Waals surface area contributed by atoms with Crippen molar-refractivity contribution in [2.75, 3.05) is 0 Å². The van der Waals surface area contributed by atoms with Gasteiger partial charge in [0.1, 0.15) is 5.82 Å². The fourth-order valence-electron chi connectivity index (χ4n) is 3.23. The van der Waals surface area contributed by atoms with E-state index in [9.17, 15) is 4.79 Å². The zero-order chi connectivity index (χ0) is 19.6. The highest BCUT2D eigenvalue weighted by Crippen LogP contribution is 2.22. The van der Waals surface area contributed by atoms with Gasteiger partial charge in [-0.1, -0.05) is 12.1 Å². The summed E-state index contributed by atoms with van der Waals surface area (Å²) in [5.74, 6) is 0.684. The number of pyridine rings is 2. The van der Waals surface area contributed by atoms with Crippen LogP contribution in [-0.4, -0.2) is 25.1 Å². The maximum absolute atomic E-state index is 12.4. The highest BCUT2D eigenvalue weighted by atomic mass is 32.1. The Morgan fingerprint density at radius 1 is 1.00 bits per heavy atom. The van der Waals surface area contributed by atoms with Gasteiger partial charge in [0.05, 0.1) is 6.54 Å². The lowest BCUT2D eigenvalue weighted by Gasteiger charge is -2.07. The average Bonchev–Trinajstić information content (AvgIpc) is 3.52. The van der Waals surface area contributed by atoms with Crippen LogP contribution in [0, 0.1) is 0 Å². The Morgan fingerprint density at radius 2 is 1.86 bits per heavy atom. The lowest BCUT2D eigenvalue weighted by atomic mass is 10.1. The predicted molar refractivity (Wildman–Crippen MR) is 113 cm³/mol. The third-order valence-corrected chi connectivity index (χ3v) is 5.58. The molecule has 0 aliphatic heterocycles. The molecule has 0 aromatic carbocycles. The molecule has 5 aromatic rings. The Hall–Kier alpha value is -3.71. The van der Waals surface area contributed by atoms with Gasteiger partial charge in [-0.2, -0.15) is 5.10 Å². The van der Waals surface area contributed by atoms with Gasteiger partial charge in [0, 0.05) is 35.2 Å². The number of fused-ring (bicyclic) bond motifs is 1. The summed E-state index contributed by atoms with van der Waals surface area (Å²) in [6, 6.07) is 17.8. The molecule has 0 unspecified atom stereocenters. The van der Waals surface area contributed by atoms with Crippen LogP contribution < -0.4 is 5.32 Å². The number of carbonyl (C=O) groups is 1. The van der Waals surface area contributed by atoms with Gasteiger partial charge in [-0.3, -0.25) is 9.78 Å². The van der Waals surface area contributed by atoms with Crippen molar-refractivity contribution in [3.8, 4) is 16.9 Å². The highest BCUT2D eigenvalue weighted by Gasteiger charge is 2.12. The normalized spacial score (nSPS) is 11.0. The van der Waals surface area contributed by atoms with E-state index >= 15 is 0 Å².